The SMILES string of the molecule is Cc1ccc(-n2nc(C3(C)CCNCC3)cc2NC(=O)c2cnn3cccnc23)cc1. The van der Waals surface area contributed by atoms with E-state index in [9.17, 15) is 4.79 Å². The first kappa shape index (κ1) is 19.4. The fraction of sp³-hybridized carbons (Fsp3) is 0.304. The number of amides is 1. The van der Waals surface area contributed by atoms with Gasteiger partial charge in [-0.05, 0) is 51.1 Å². The van der Waals surface area contributed by atoms with E-state index in [4.69, 9.17) is 5.10 Å². The number of piperidine rings is 1. The first-order chi connectivity index (χ1) is 15.0. The number of carbonyl (C=O) groups is 1. The fourth-order valence-electron chi connectivity index (χ4n) is 4.05. The molecule has 1 saturated heterocycles. The maximum absolute atomic E-state index is 13.1. The molecule has 2 N–H and O–H groups in total. The molecule has 1 aliphatic rings. The molecule has 0 spiro atoms. The number of carbonyl (C=O) groups excluding carboxylic acids is 1. The lowest BCUT2D eigenvalue weighted by Crippen LogP contribution is -2.38. The Morgan fingerprint density at radius 3 is 2.74 bits per heavy atom. The average Bonchev–Trinajstić information content (AvgIpc) is 3.40. The first-order valence-corrected chi connectivity index (χ1v) is 10.5. The van der Waals surface area contributed by atoms with Crippen LogP contribution in [-0.4, -0.2) is 43.4 Å². The van der Waals surface area contributed by atoms with Gasteiger partial charge in [-0.25, -0.2) is 14.2 Å². The van der Waals surface area contributed by atoms with Crippen molar-refractivity contribution >= 4 is 17.4 Å². The summed E-state index contributed by atoms with van der Waals surface area (Å²) in [6, 6.07) is 11.9. The number of fused-ring (bicyclic) bond motifs is 1. The zero-order chi connectivity index (χ0) is 21.4. The number of aryl methyl sites for hydroxylation is 1. The second-order valence-electron chi connectivity index (χ2n) is 8.37. The van der Waals surface area contributed by atoms with E-state index >= 15 is 0 Å². The summed E-state index contributed by atoms with van der Waals surface area (Å²) in [5.74, 6) is 0.378. The fourth-order valence-corrected chi connectivity index (χ4v) is 4.05. The Balaban J connectivity index is 1.54. The summed E-state index contributed by atoms with van der Waals surface area (Å²) in [7, 11) is 0. The molecule has 0 saturated carbocycles. The molecule has 0 atom stereocenters. The first-order valence-electron chi connectivity index (χ1n) is 10.5. The van der Waals surface area contributed by atoms with Crippen LogP contribution in [0.4, 0.5) is 5.82 Å². The summed E-state index contributed by atoms with van der Waals surface area (Å²) in [6.45, 7) is 6.22. The molecule has 1 aromatic carbocycles. The topological polar surface area (TPSA) is 89.1 Å². The van der Waals surface area contributed by atoms with Gasteiger partial charge in [0.2, 0.25) is 0 Å². The molecule has 158 valence electrons. The van der Waals surface area contributed by atoms with Crippen molar-refractivity contribution in [1.29, 1.82) is 0 Å². The summed E-state index contributed by atoms with van der Waals surface area (Å²) in [4.78, 5) is 17.4. The molecule has 4 heterocycles. The van der Waals surface area contributed by atoms with E-state index in [1.54, 1.807) is 29.2 Å². The van der Waals surface area contributed by atoms with E-state index < -0.39 is 0 Å². The van der Waals surface area contributed by atoms with Gasteiger partial charge in [0.25, 0.3) is 5.91 Å². The third-order valence-electron chi connectivity index (χ3n) is 6.08. The average molecular weight is 416 g/mol. The number of rotatable bonds is 4. The molecule has 8 nitrogen and oxygen atoms in total. The third-order valence-corrected chi connectivity index (χ3v) is 6.08. The normalized spacial score (nSPS) is 15.8. The van der Waals surface area contributed by atoms with E-state index in [2.05, 4.69) is 34.6 Å². The number of hydrogen-bond donors (Lipinski definition) is 2. The molecule has 0 radical (unpaired) electrons. The van der Waals surface area contributed by atoms with Crippen LogP contribution in [0.25, 0.3) is 11.3 Å². The molecule has 3 aromatic heterocycles. The Morgan fingerprint density at radius 2 is 1.97 bits per heavy atom. The lowest BCUT2D eigenvalue weighted by molar-refractivity contribution is 0.102. The van der Waals surface area contributed by atoms with Gasteiger partial charge in [-0.3, -0.25) is 4.79 Å². The van der Waals surface area contributed by atoms with Crippen molar-refractivity contribution in [1.82, 2.24) is 29.7 Å². The Labute approximate surface area is 180 Å². The highest BCUT2D eigenvalue weighted by atomic mass is 16.1. The summed E-state index contributed by atoms with van der Waals surface area (Å²) in [5, 5.41) is 15.6. The van der Waals surface area contributed by atoms with E-state index in [1.165, 1.54) is 5.56 Å². The van der Waals surface area contributed by atoms with Gasteiger partial charge < -0.3 is 10.6 Å². The summed E-state index contributed by atoms with van der Waals surface area (Å²) in [6.07, 6.45) is 6.97. The van der Waals surface area contributed by atoms with Crippen molar-refractivity contribution in [2.75, 3.05) is 18.4 Å². The molecular formula is C23H25N7O. The van der Waals surface area contributed by atoms with Crippen LogP contribution in [0, 0.1) is 6.92 Å². The zero-order valence-electron chi connectivity index (χ0n) is 17.7. The van der Waals surface area contributed by atoms with Gasteiger partial charge in [0.15, 0.2) is 5.65 Å². The molecule has 0 aliphatic carbocycles. The monoisotopic (exact) mass is 415 g/mol. The summed E-state index contributed by atoms with van der Waals surface area (Å²) in [5.41, 5.74) is 3.97. The summed E-state index contributed by atoms with van der Waals surface area (Å²) >= 11 is 0. The van der Waals surface area contributed by atoms with Gasteiger partial charge in [0.1, 0.15) is 11.4 Å². The Morgan fingerprint density at radius 1 is 1.19 bits per heavy atom. The van der Waals surface area contributed by atoms with E-state index in [0.29, 0.717) is 17.0 Å². The molecule has 0 unspecified atom stereocenters. The Kier molecular flexibility index (Phi) is 4.78. The van der Waals surface area contributed by atoms with Gasteiger partial charge >= 0.3 is 0 Å². The largest absolute Gasteiger partial charge is 0.317 e. The number of anilines is 1. The molecule has 1 amide bonds. The van der Waals surface area contributed by atoms with E-state index in [-0.39, 0.29) is 11.3 Å². The quantitative estimate of drug-likeness (QED) is 0.535. The third kappa shape index (κ3) is 3.59. The predicted molar refractivity (Wildman–Crippen MR) is 119 cm³/mol. The van der Waals surface area contributed by atoms with E-state index in [0.717, 1.165) is 37.3 Å². The number of hydrogen-bond acceptors (Lipinski definition) is 5. The van der Waals surface area contributed by atoms with Gasteiger partial charge in [-0.1, -0.05) is 24.6 Å². The van der Waals surface area contributed by atoms with Gasteiger partial charge in [0, 0.05) is 23.9 Å². The molecule has 4 aromatic rings. The number of aromatic nitrogens is 5. The molecule has 31 heavy (non-hydrogen) atoms. The van der Waals surface area contributed by atoms with Crippen molar-refractivity contribution in [2.45, 2.75) is 32.1 Å². The minimum Gasteiger partial charge on any atom is -0.317 e. The van der Waals surface area contributed by atoms with Crippen LogP contribution in [0.15, 0.2) is 55.0 Å². The highest BCUT2D eigenvalue weighted by molar-refractivity contribution is 6.07. The van der Waals surface area contributed by atoms with Crippen LogP contribution in [0.3, 0.4) is 0 Å². The minimum absolute atomic E-state index is 0.0351. The zero-order valence-corrected chi connectivity index (χ0v) is 17.7. The maximum atomic E-state index is 13.1. The maximum Gasteiger partial charge on any atom is 0.262 e. The van der Waals surface area contributed by atoms with Crippen LogP contribution in [0.1, 0.15) is 41.4 Å². The highest BCUT2D eigenvalue weighted by Crippen LogP contribution is 2.34. The van der Waals surface area contributed by atoms with Crippen molar-refractivity contribution in [3.05, 3.63) is 71.8 Å². The highest BCUT2D eigenvalue weighted by Gasteiger charge is 2.32. The van der Waals surface area contributed by atoms with Crippen molar-refractivity contribution < 1.29 is 4.79 Å². The number of nitrogens with zero attached hydrogens (tertiary/aromatic N) is 5. The van der Waals surface area contributed by atoms with Crippen LogP contribution in [0.5, 0.6) is 0 Å². The van der Waals surface area contributed by atoms with Crippen LogP contribution in [-0.2, 0) is 5.41 Å². The van der Waals surface area contributed by atoms with E-state index in [1.807, 2.05) is 35.0 Å². The molecular weight excluding hydrogens is 390 g/mol. The second-order valence-corrected chi connectivity index (χ2v) is 8.37. The Hall–Kier alpha value is -3.52. The Bertz CT molecular complexity index is 1230. The minimum atomic E-state index is -0.260. The predicted octanol–water partition coefficient (Wildman–Crippen LogP) is 3.12. The number of nitrogens with one attached hydrogen (secondary N) is 2. The van der Waals surface area contributed by atoms with Crippen LogP contribution < -0.4 is 10.6 Å². The van der Waals surface area contributed by atoms with Crippen molar-refractivity contribution in [3.8, 4) is 5.69 Å². The molecule has 5 rings (SSSR count). The smallest absolute Gasteiger partial charge is 0.262 e. The van der Waals surface area contributed by atoms with Gasteiger partial charge in [-0.2, -0.15) is 10.2 Å². The van der Waals surface area contributed by atoms with Gasteiger partial charge in [-0.15, -0.1) is 0 Å². The van der Waals surface area contributed by atoms with Crippen molar-refractivity contribution in [2.24, 2.45) is 0 Å². The molecule has 0 bridgehead atoms. The standard InChI is InChI=1S/C23H25N7O/c1-16-4-6-17(7-5-16)30-20(14-19(28-30)23(2)8-11-24-12-9-23)27-22(31)18-15-26-29-13-3-10-25-21(18)29/h3-7,10,13-15,24H,8-9,11-12H2,1-2H3,(H,27,31). The summed E-state index contributed by atoms with van der Waals surface area (Å²) < 4.78 is 3.41. The van der Waals surface area contributed by atoms with Crippen LogP contribution in [0.2, 0.25) is 0 Å². The lowest BCUT2D eigenvalue weighted by Gasteiger charge is -2.32. The van der Waals surface area contributed by atoms with Crippen LogP contribution >= 0.6 is 0 Å². The molecule has 1 aliphatic heterocycles. The van der Waals surface area contributed by atoms with Gasteiger partial charge in [0.05, 0.1) is 17.6 Å². The van der Waals surface area contributed by atoms with Crippen molar-refractivity contribution in [3.63, 3.8) is 0 Å². The molecule has 1 fully saturated rings. The second kappa shape index (κ2) is 7.63. The number of benzene rings is 1. The lowest BCUT2D eigenvalue weighted by atomic mass is 9.78. The molecule has 8 heteroatoms.